The summed E-state index contributed by atoms with van der Waals surface area (Å²) >= 11 is 0. The number of nitrogens with two attached hydrogens (primary N) is 1. The summed E-state index contributed by atoms with van der Waals surface area (Å²) in [5, 5.41) is -0.472. The topological polar surface area (TPSA) is 60.2 Å². The number of sulfone groups is 1. The number of aryl methyl sites for hydroxylation is 1. The summed E-state index contributed by atoms with van der Waals surface area (Å²) in [6.45, 7) is 2.17. The maximum atomic E-state index is 11.4. The van der Waals surface area contributed by atoms with E-state index in [4.69, 9.17) is 5.73 Å². The summed E-state index contributed by atoms with van der Waals surface area (Å²) in [5.41, 5.74) is 7.64. The lowest BCUT2D eigenvalue weighted by atomic mass is 10.1. The molecule has 0 aliphatic carbocycles. The maximum absolute atomic E-state index is 11.4. The molecule has 1 rings (SSSR count). The van der Waals surface area contributed by atoms with Crippen LogP contribution in [0.1, 0.15) is 11.1 Å². The van der Waals surface area contributed by atoms with Crippen molar-refractivity contribution in [3.8, 4) is 0 Å². The van der Waals surface area contributed by atoms with Gasteiger partial charge in [0.05, 0.1) is 5.25 Å². The summed E-state index contributed by atoms with van der Waals surface area (Å²) in [6.07, 6.45) is 1.73. The van der Waals surface area contributed by atoms with E-state index in [1.165, 1.54) is 11.8 Å². The summed E-state index contributed by atoms with van der Waals surface area (Å²) < 4.78 is 22.7. The molecule has 0 fully saturated rings. The Labute approximate surface area is 91.2 Å². The molecule has 4 heteroatoms. The predicted molar refractivity (Wildman–Crippen MR) is 62.6 cm³/mol. The largest absolute Gasteiger partial charge is 0.329 e. The molecule has 0 bridgehead atoms. The molecule has 1 aromatic rings. The van der Waals surface area contributed by atoms with Crippen molar-refractivity contribution in [1.29, 1.82) is 0 Å². The van der Waals surface area contributed by atoms with Gasteiger partial charge in [-0.15, -0.1) is 0 Å². The fourth-order valence-electron chi connectivity index (χ4n) is 1.40. The summed E-state index contributed by atoms with van der Waals surface area (Å²) in [4.78, 5) is 0. The third-order valence-corrected chi connectivity index (χ3v) is 4.02. The van der Waals surface area contributed by atoms with E-state index in [2.05, 4.69) is 0 Å². The van der Waals surface area contributed by atoms with Crippen LogP contribution < -0.4 is 5.73 Å². The van der Waals surface area contributed by atoms with E-state index in [1.54, 1.807) is 0 Å². The van der Waals surface area contributed by atoms with Crippen molar-refractivity contribution in [1.82, 2.24) is 0 Å². The molecule has 0 aliphatic heterocycles. The second kappa shape index (κ2) is 4.77. The Hall–Kier alpha value is -0.870. The van der Waals surface area contributed by atoms with E-state index < -0.39 is 15.1 Å². The van der Waals surface area contributed by atoms with Gasteiger partial charge in [-0.25, -0.2) is 8.42 Å². The first-order valence-electron chi connectivity index (χ1n) is 4.88. The van der Waals surface area contributed by atoms with Crippen LogP contribution >= 0.6 is 0 Å². The smallest absolute Gasteiger partial charge is 0.151 e. The molecule has 0 heterocycles. The van der Waals surface area contributed by atoms with Crippen molar-refractivity contribution >= 4 is 9.84 Å². The Morgan fingerprint density at radius 2 is 1.80 bits per heavy atom. The fourth-order valence-corrected chi connectivity index (χ4v) is 2.24. The molecule has 0 radical (unpaired) electrons. The van der Waals surface area contributed by atoms with Gasteiger partial charge in [0.1, 0.15) is 0 Å². The Morgan fingerprint density at radius 1 is 1.27 bits per heavy atom. The number of rotatable bonds is 4. The van der Waals surface area contributed by atoms with Gasteiger partial charge in [-0.2, -0.15) is 0 Å². The normalized spacial score (nSPS) is 13.8. The van der Waals surface area contributed by atoms with Crippen LogP contribution in [0, 0.1) is 6.92 Å². The molecule has 0 aliphatic rings. The third-order valence-electron chi connectivity index (χ3n) is 2.45. The lowest BCUT2D eigenvalue weighted by Crippen LogP contribution is -2.30. The van der Waals surface area contributed by atoms with E-state index in [0.29, 0.717) is 6.42 Å². The second-order valence-electron chi connectivity index (χ2n) is 3.88. The van der Waals surface area contributed by atoms with Crippen LogP contribution in [0.15, 0.2) is 24.3 Å². The van der Waals surface area contributed by atoms with E-state index in [1.807, 2.05) is 31.2 Å². The van der Waals surface area contributed by atoms with Crippen LogP contribution in [-0.4, -0.2) is 26.5 Å². The Kier molecular flexibility index (Phi) is 3.88. The van der Waals surface area contributed by atoms with Crippen molar-refractivity contribution in [2.24, 2.45) is 5.73 Å². The molecule has 1 atom stereocenters. The lowest BCUT2D eigenvalue weighted by Gasteiger charge is -2.12. The molecule has 84 valence electrons. The van der Waals surface area contributed by atoms with Crippen LogP contribution in [0.2, 0.25) is 0 Å². The first kappa shape index (κ1) is 12.2. The highest BCUT2D eigenvalue weighted by Gasteiger charge is 2.18. The van der Waals surface area contributed by atoms with Crippen molar-refractivity contribution in [3.63, 3.8) is 0 Å². The van der Waals surface area contributed by atoms with Gasteiger partial charge in [-0.1, -0.05) is 29.8 Å². The summed E-state index contributed by atoms with van der Waals surface area (Å²) in [6, 6.07) is 7.85. The molecule has 15 heavy (non-hydrogen) atoms. The predicted octanol–water partition coefficient (Wildman–Crippen LogP) is 0.909. The molecule has 0 spiro atoms. The van der Waals surface area contributed by atoms with Crippen LogP contribution in [0.4, 0.5) is 0 Å². The summed E-state index contributed by atoms with van der Waals surface area (Å²) in [5.74, 6) is 0. The zero-order chi connectivity index (χ0) is 11.5. The first-order valence-corrected chi connectivity index (χ1v) is 6.83. The van der Waals surface area contributed by atoms with Gasteiger partial charge in [-0.05, 0) is 18.9 Å². The highest BCUT2D eigenvalue weighted by molar-refractivity contribution is 7.91. The lowest BCUT2D eigenvalue weighted by molar-refractivity contribution is 0.584. The molecular weight excluding hydrogens is 210 g/mol. The molecular formula is C11H17NO2S. The number of hydrogen-bond donors (Lipinski definition) is 1. The number of benzene rings is 1. The van der Waals surface area contributed by atoms with Crippen LogP contribution in [0.3, 0.4) is 0 Å². The van der Waals surface area contributed by atoms with Crippen LogP contribution in [0.25, 0.3) is 0 Å². The molecule has 0 amide bonds. The first-order chi connectivity index (χ1) is 6.93. The average molecular weight is 227 g/mol. The minimum atomic E-state index is -3.05. The molecule has 0 saturated carbocycles. The van der Waals surface area contributed by atoms with Crippen molar-refractivity contribution in [2.75, 3.05) is 12.8 Å². The third kappa shape index (κ3) is 3.64. The highest BCUT2D eigenvalue weighted by Crippen LogP contribution is 2.10. The average Bonchev–Trinajstić information content (AvgIpc) is 2.15. The molecule has 2 N–H and O–H groups in total. The van der Waals surface area contributed by atoms with Crippen LogP contribution in [-0.2, 0) is 16.3 Å². The Balaban J connectivity index is 2.80. The second-order valence-corrected chi connectivity index (χ2v) is 6.20. The van der Waals surface area contributed by atoms with E-state index in [9.17, 15) is 8.42 Å². The van der Waals surface area contributed by atoms with Crippen molar-refractivity contribution < 1.29 is 8.42 Å². The van der Waals surface area contributed by atoms with Gasteiger partial charge in [0.25, 0.3) is 0 Å². The standard InChI is InChI=1S/C11H17NO2S/c1-9-3-5-10(6-4-9)7-11(8-12)15(2,13)14/h3-6,11H,7-8,12H2,1-2H3. The van der Waals surface area contributed by atoms with E-state index in [-0.39, 0.29) is 6.54 Å². The van der Waals surface area contributed by atoms with E-state index >= 15 is 0 Å². The Morgan fingerprint density at radius 3 is 2.20 bits per heavy atom. The summed E-state index contributed by atoms with van der Waals surface area (Å²) in [7, 11) is -3.05. The zero-order valence-corrected chi connectivity index (χ0v) is 9.92. The molecule has 0 aromatic heterocycles. The molecule has 3 nitrogen and oxygen atoms in total. The SMILES string of the molecule is Cc1ccc(CC(CN)S(C)(=O)=O)cc1. The molecule has 0 saturated heterocycles. The van der Waals surface area contributed by atoms with Gasteiger partial charge in [0.2, 0.25) is 0 Å². The fraction of sp³-hybridized carbons (Fsp3) is 0.455. The van der Waals surface area contributed by atoms with Crippen molar-refractivity contribution in [2.45, 2.75) is 18.6 Å². The van der Waals surface area contributed by atoms with Gasteiger partial charge in [0, 0.05) is 12.8 Å². The monoisotopic (exact) mass is 227 g/mol. The highest BCUT2D eigenvalue weighted by atomic mass is 32.2. The maximum Gasteiger partial charge on any atom is 0.151 e. The minimum absolute atomic E-state index is 0.173. The Bertz CT molecular complexity index is 409. The van der Waals surface area contributed by atoms with E-state index in [0.717, 1.165) is 5.56 Å². The minimum Gasteiger partial charge on any atom is -0.329 e. The zero-order valence-electron chi connectivity index (χ0n) is 9.10. The van der Waals surface area contributed by atoms with Gasteiger partial charge in [0.15, 0.2) is 9.84 Å². The van der Waals surface area contributed by atoms with Gasteiger partial charge in [-0.3, -0.25) is 0 Å². The number of hydrogen-bond acceptors (Lipinski definition) is 3. The van der Waals surface area contributed by atoms with Crippen molar-refractivity contribution in [3.05, 3.63) is 35.4 Å². The van der Waals surface area contributed by atoms with Crippen LogP contribution in [0.5, 0.6) is 0 Å². The van der Waals surface area contributed by atoms with Gasteiger partial charge >= 0.3 is 0 Å². The molecule has 1 unspecified atom stereocenters. The van der Waals surface area contributed by atoms with Gasteiger partial charge < -0.3 is 5.73 Å². The molecule has 1 aromatic carbocycles. The quantitative estimate of drug-likeness (QED) is 0.831.